The lowest BCUT2D eigenvalue weighted by Crippen LogP contribution is -2.61. The molecule has 1 aromatic carbocycles. The Bertz CT molecular complexity index is 785. The zero-order chi connectivity index (χ0) is 18.6. The van der Waals surface area contributed by atoms with Crippen LogP contribution in [0.3, 0.4) is 0 Å². The van der Waals surface area contributed by atoms with Gasteiger partial charge < -0.3 is 19.9 Å². The Morgan fingerprint density at radius 2 is 2.19 bits per heavy atom. The summed E-state index contributed by atoms with van der Waals surface area (Å²) in [5, 5.41) is 3.03. The molecule has 1 fully saturated rings. The van der Waals surface area contributed by atoms with Gasteiger partial charge >= 0.3 is 0 Å². The van der Waals surface area contributed by atoms with E-state index in [9.17, 15) is 4.79 Å². The Hall–Kier alpha value is -2.67. The molecule has 2 aliphatic rings. The van der Waals surface area contributed by atoms with E-state index >= 15 is 0 Å². The van der Waals surface area contributed by atoms with E-state index in [1.165, 1.54) is 11.3 Å². The monoisotopic (exact) mass is 367 g/mol. The number of aromatic nitrogens is 2. The van der Waals surface area contributed by atoms with Crippen molar-refractivity contribution in [1.82, 2.24) is 15.3 Å². The fourth-order valence-corrected chi connectivity index (χ4v) is 4.13. The van der Waals surface area contributed by atoms with Crippen LogP contribution in [0.1, 0.15) is 5.56 Å². The zero-order valence-corrected chi connectivity index (χ0v) is 15.5. The Morgan fingerprint density at radius 1 is 1.30 bits per heavy atom. The third-order valence-corrected chi connectivity index (χ3v) is 5.44. The van der Waals surface area contributed by atoms with Gasteiger partial charge in [0.25, 0.3) is 0 Å². The minimum Gasteiger partial charge on any atom is -0.383 e. The molecule has 0 unspecified atom stereocenters. The summed E-state index contributed by atoms with van der Waals surface area (Å²) in [5.74, 6) is 0.864. The van der Waals surface area contributed by atoms with E-state index in [4.69, 9.17) is 4.74 Å². The van der Waals surface area contributed by atoms with Gasteiger partial charge in [-0.25, -0.2) is 4.98 Å². The number of amides is 1. The van der Waals surface area contributed by atoms with E-state index < -0.39 is 0 Å². The van der Waals surface area contributed by atoms with Crippen LogP contribution in [-0.2, 0) is 16.0 Å². The van der Waals surface area contributed by atoms with Crippen LogP contribution in [-0.4, -0.2) is 61.8 Å². The van der Waals surface area contributed by atoms with Crippen LogP contribution in [0.5, 0.6) is 0 Å². The summed E-state index contributed by atoms with van der Waals surface area (Å²) >= 11 is 0. The number of fused-ring (bicyclic) bond motifs is 3. The highest BCUT2D eigenvalue weighted by molar-refractivity contribution is 5.82. The number of piperazine rings is 1. The van der Waals surface area contributed by atoms with Gasteiger partial charge in [-0.15, -0.1) is 0 Å². The average Bonchev–Trinajstić information content (AvgIpc) is 2.73. The second-order valence-electron chi connectivity index (χ2n) is 6.99. The summed E-state index contributed by atoms with van der Waals surface area (Å²) in [6, 6.07) is 8.53. The topological polar surface area (TPSA) is 70.6 Å². The number of rotatable bonds is 5. The Kier molecular flexibility index (Phi) is 5.20. The molecule has 0 bridgehead atoms. The standard InChI is InChI=1S/C20H25N5O2/c1-27-11-8-23-20(26)16-12-15-4-2-3-5-17(15)25-10-9-24(14-18(16)25)19-13-21-6-7-22-19/h2-7,13,16,18H,8-12,14H2,1H3,(H,23,26)/t16-,18-/m0/s1. The number of para-hydroxylation sites is 1. The Balaban J connectivity index is 1.59. The van der Waals surface area contributed by atoms with E-state index in [2.05, 4.69) is 49.4 Å². The maximum atomic E-state index is 12.9. The summed E-state index contributed by atoms with van der Waals surface area (Å²) in [7, 11) is 1.64. The molecule has 4 rings (SSSR count). The summed E-state index contributed by atoms with van der Waals surface area (Å²) in [6.45, 7) is 3.54. The number of ether oxygens (including phenoxy) is 1. The summed E-state index contributed by atoms with van der Waals surface area (Å²) in [5.41, 5.74) is 2.50. The van der Waals surface area contributed by atoms with Crippen LogP contribution < -0.4 is 15.1 Å². The number of nitrogens with zero attached hydrogens (tertiary/aromatic N) is 4. The Labute approximate surface area is 159 Å². The number of hydrogen-bond donors (Lipinski definition) is 1. The van der Waals surface area contributed by atoms with Gasteiger partial charge in [-0.3, -0.25) is 9.78 Å². The molecule has 0 spiro atoms. The molecular weight excluding hydrogens is 342 g/mol. The van der Waals surface area contributed by atoms with Gasteiger partial charge in [-0.05, 0) is 18.1 Å². The fraction of sp³-hybridized carbons (Fsp3) is 0.450. The van der Waals surface area contributed by atoms with Crippen LogP contribution >= 0.6 is 0 Å². The maximum Gasteiger partial charge on any atom is 0.225 e. The van der Waals surface area contributed by atoms with Crippen molar-refractivity contribution in [3.8, 4) is 0 Å². The molecule has 0 saturated carbocycles. The Morgan fingerprint density at radius 3 is 3.00 bits per heavy atom. The van der Waals surface area contributed by atoms with E-state index in [1.807, 2.05) is 0 Å². The van der Waals surface area contributed by atoms with E-state index in [-0.39, 0.29) is 17.9 Å². The summed E-state index contributed by atoms with van der Waals surface area (Å²) in [4.78, 5) is 26.2. The number of nitrogens with one attached hydrogen (secondary N) is 1. The molecule has 2 atom stereocenters. The van der Waals surface area contributed by atoms with Crippen molar-refractivity contribution in [2.75, 3.05) is 49.7 Å². The third-order valence-electron chi connectivity index (χ3n) is 5.44. The second kappa shape index (κ2) is 7.92. The van der Waals surface area contributed by atoms with Crippen LogP contribution in [0.25, 0.3) is 0 Å². The van der Waals surface area contributed by atoms with Crippen molar-refractivity contribution in [3.05, 3.63) is 48.4 Å². The minimum absolute atomic E-state index is 0.0950. The van der Waals surface area contributed by atoms with Gasteiger partial charge in [0.2, 0.25) is 5.91 Å². The first-order valence-corrected chi connectivity index (χ1v) is 9.40. The number of carbonyl (C=O) groups excluding carboxylic acids is 1. The highest BCUT2D eigenvalue weighted by Gasteiger charge is 2.41. The largest absolute Gasteiger partial charge is 0.383 e. The molecule has 142 valence electrons. The van der Waals surface area contributed by atoms with Crippen molar-refractivity contribution >= 4 is 17.4 Å². The van der Waals surface area contributed by atoms with Gasteiger partial charge in [-0.2, -0.15) is 0 Å². The predicted molar refractivity (Wildman–Crippen MR) is 104 cm³/mol. The molecule has 7 heteroatoms. The number of carbonyl (C=O) groups is 1. The lowest BCUT2D eigenvalue weighted by molar-refractivity contribution is -0.126. The average molecular weight is 367 g/mol. The van der Waals surface area contributed by atoms with Crippen molar-refractivity contribution in [2.24, 2.45) is 5.92 Å². The third kappa shape index (κ3) is 3.60. The quantitative estimate of drug-likeness (QED) is 0.799. The first-order chi connectivity index (χ1) is 13.3. The molecule has 1 amide bonds. The van der Waals surface area contributed by atoms with Crippen molar-refractivity contribution < 1.29 is 9.53 Å². The van der Waals surface area contributed by atoms with Crippen LogP contribution in [0.15, 0.2) is 42.9 Å². The lowest BCUT2D eigenvalue weighted by Gasteiger charge is -2.49. The van der Waals surface area contributed by atoms with Crippen molar-refractivity contribution in [2.45, 2.75) is 12.5 Å². The molecule has 0 radical (unpaired) electrons. The second-order valence-corrected chi connectivity index (χ2v) is 6.99. The number of anilines is 2. The predicted octanol–water partition coefficient (Wildman–Crippen LogP) is 1.11. The number of methoxy groups -OCH3 is 1. The van der Waals surface area contributed by atoms with Gasteiger partial charge in [0, 0.05) is 51.4 Å². The molecule has 2 aromatic rings. The zero-order valence-electron chi connectivity index (χ0n) is 15.5. The highest BCUT2D eigenvalue weighted by atomic mass is 16.5. The fourth-order valence-electron chi connectivity index (χ4n) is 4.13. The first kappa shape index (κ1) is 17.7. The molecule has 1 saturated heterocycles. The maximum absolute atomic E-state index is 12.9. The van der Waals surface area contributed by atoms with Crippen LogP contribution in [0, 0.1) is 5.92 Å². The van der Waals surface area contributed by atoms with E-state index in [0.29, 0.717) is 13.2 Å². The summed E-state index contributed by atoms with van der Waals surface area (Å²) < 4.78 is 5.07. The smallest absolute Gasteiger partial charge is 0.225 e. The molecule has 0 aliphatic carbocycles. The van der Waals surface area contributed by atoms with Crippen molar-refractivity contribution in [1.29, 1.82) is 0 Å². The van der Waals surface area contributed by atoms with Gasteiger partial charge in [0.15, 0.2) is 0 Å². The highest BCUT2D eigenvalue weighted by Crippen LogP contribution is 2.36. The van der Waals surface area contributed by atoms with Crippen molar-refractivity contribution in [3.63, 3.8) is 0 Å². The van der Waals surface area contributed by atoms with Crippen LogP contribution in [0.4, 0.5) is 11.5 Å². The lowest BCUT2D eigenvalue weighted by atomic mass is 9.83. The van der Waals surface area contributed by atoms with Gasteiger partial charge in [0.05, 0.1) is 24.8 Å². The number of hydrogen-bond acceptors (Lipinski definition) is 6. The van der Waals surface area contributed by atoms with E-state index in [1.54, 1.807) is 25.7 Å². The van der Waals surface area contributed by atoms with Gasteiger partial charge in [-0.1, -0.05) is 18.2 Å². The number of benzene rings is 1. The molecule has 7 nitrogen and oxygen atoms in total. The van der Waals surface area contributed by atoms with Crippen LogP contribution in [0.2, 0.25) is 0 Å². The molecule has 1 aromatic heterocycles. The molecule has 2 aliphatic heterocycles. The molecule has 3 heterocycles. The summed E-state index contributed by atoms with van der Waals surface area (Å²) in [6.07, 6.45) is 5.94. The minimum atomic E-state index is -0.101. The van der Waals surface area contributed by atoms with Gasteiger partial charge in [0.1, 0.15) is 5.82 Å². The molecular formula is C20H25N5O2. The first-order valence-electron chi connectivity index (χ1n) is 9.40. The van der Waals surface area contributed by atoms with E-state index in [0.717, 1.165) is 31.9 Å². The SMILES string of the molecule is COCCNC(=O)[C@H]1Cc2ccccc2N2CCN(c3cnccn3)C[C@@H]12. The molecule has 1 N–H and O–H groups in total. The normalized spacial score (nSPS) is 21.4. The molecule has 27 heavy (non-hydrogen) atoms.